The second kappa shape index (κ2) is 7.99. The Morgan fingerprint density at radius 3 is 2.52 bits per heavy atom. The lowest BCUT2D eigenvalue weighted by atomic mass is 10.0. The molecule has 0 aromatic heterocycles. The molecule has 1 aromatic rings. The zero-order chi connectivity index (χ0) is 16.1. The third kappa shape index (κ3) is 4.37. The Bertz CT molecular complexity index is 537. The summed E-state index contributed by atoms with van der Waals surface area (Å²) < 4.78 is 20.2. The molecule has 0 amide bonds. The molecule has 0 radical (unpaired) electrons. The number of benzene rings is 1. The zero-order valence-corrected chi connectivity index (χ0v) is 14.3. The van der Waals surface area contributed by atoms with Crippen molar-refractivity contribution in [2.45, 2.75) is 64.7 Å². The standard InChI is InChI=1S/C21H29FO/c1-16-19(11-10-17-6-2-3-7-17)12-13-20(21(16)22)23-15-14-18-8-4-5-9-18/h10-13,17-18H,2-9,14-15H2,1H3/b11-10+. The molecule has 2 aliphatic rings. The molecular formula is C21H29FO. The number of hydrogen-bond donors (Lipinski definition) is 0. The molecule has 0 unspecified atom stereocenters. The number of rotatable bonds is 6. The van der Waals surface area contributed by atoms with E-state index in [1.165, 1.54) is 51.4 Å². The van der Waals surface area contributed by atoms with E-state index in [0.717, 1.165) is 17.9 Å². The first-order chi connectivity index (χ1) is 11.2. The SMILES string of the molecule is Cc1c(/C=C/C2CCCC2)ccc(OCCC2CCCC2)c1F. The molecule has 0 N–H and O–H groups in total. The first-order valence-electron chi connectivity index (χ1n) is 9.34. The predicted molar refractivity (Wildman–Crippen MR) is 94.2 cm³/mol. The van der Waals surface area contributed by atoms with Crippen LogP contribution in [0.15, 0.2) is 18.2 Å². The zero-order valence-electron chi connectivity index (χ0n) is 14.3. The van der Waals surface area contributed by atoms with Crippen LogP contribution in [0.2, 0.25) is 0 Å². The van der Waals surface area contributed by atoms with Crippen LogP contribution in [0.25, 0.3) is 6.08 Å². The Morgan fingerprint density at radius 1 is 1.09 bits per heavy atom. The van der Waals surface area contributed by atoms with E-state index in [0.29, 0.717) is 23.8 Å². The molecule has 0 spiro atoms. The third-order valence-corrected chi connectivity index (χ3v) is 5.60. The highest BCUT2D eigenvalue weighted by Gasteiger charge is 2.16. The van der Waals surface area contributed by atoms with Gasteiger partial charge in [-0.05, 0) is 55.2 Å². The van der Waals surface area contributed by atoms with Crippen molar-refractivity contribution in [3.8, 4) is 5.75 Å². The normalized spacial score (nSPS) is 19.9. The summed E-state index contributed by atoms with van der Waals surface area (Å²) in [5, 5.41) is 0. The number of allylic oxidation sites excluding steroid dienone is 1. The van der Waals surface area contributed by atoms with E-state index < -0.39 is 0 Å². The van der Waals surface area contributed by atoms with Gasteiger partial charge in [0.15, 0.2) is 11.6 Å². The Kier molecular flexibility index (Phi) is 5.75. The van der Waals surface area contributed by atoms with Crippen molar-refractivity contribution in [3.05, 3.63) is 35.2 Å². The van der Waals surface area contributed by atoms with E-state index in [4.69, 9.17) is 4.74 Å². The quantitative estimate of drug-likeness (QED) is 0.598. The molecule has 2 heteroatoms. The highest BCUT2D eigenvalue weighted by Crippen LogP contribution is 2.30. The maximum absolute atomic E-state index is 14.5. The maximum atomic E-state index is 14.5. The molecule has 0 heterocycles. The Labute approximate surface area is 139 Å². The maximum Gasteiger partial charge on any atom is 0.168 e. The molecule has 2 fully saturated rings. The highest BCUT2D eigenvalue weighted by atomic mass is 19.1. The van der Waals surface area contributed by atoms with Crippen LogP contribution >= 0.6 is 0 Å². The van der Waals surface area contributed by atoms with E-state index in [9.17, 15) is 4.39 Å². The van der Waals surface area contributed by atoms with Crippen LogP contribution in [0.4, 0.5) is 4.39 Å². The first kappa shape index (κ1) is 16.5. The third-order valence-electron chi connectivity index (χ3n) is 5.60. The van der Waals surface area contributed by atoms with Gasteiger partial charge in [-0.3, -0.25) is 0 Å². The van der Waals surface area contributed by atoms with Gasteiger partial charge in [-0.15, -0.1) is 0 Å². The molecule has 1 aromatic carbocycles. The number of hydrogen-bond acceptors (Lipinski definition) is 1. The Hall–Kier alpha value is -1.31. The molecule has 3 rings (SSSR count). The van der Waals surface area contributed by atoms with Crippen LogP contribution in [0.5, 0.6) is 5.75 Å². The van der Waals surface area contributed by atoms with Gasteiger partial charge in [-0.2, -0.15) is 0 Å². The summed E-state index contributed by atoms with van der Waals surface area (Å²) in [4.78, 5) is 0. The first-order valence-corrected chi connectivity index (χ1v) is 9.34. The van der Waals surface area contributed by atoms with Gasteiger partial charge in [0.1, 0.15) is 0 Å². The number of ether oxygens (including phenoxy) is 1. The fraction of sp³-hybridized carbons (Fsp3) is 0.619. The molecular weight excluding hydrogens is 287 g/mol. The fourth-order valence-electron chi connectivity index (χ4n) is 3.99. The topological polar surface area (TPSA) is 9.23 Å². The largest absolute Gasteiger partial charge is 0.490 e. The fourth-order valence-corrected chi connectivity index (χ4v) is 3.99. The molecule has 0 aliphatic heterocycles. The summed E-state index contributed by atoms with van der Waals surface area (Å²) in [6.07, 6.45) is 16.0. The minimum atomic E-state index is -0.190. The van der Waals surface area contributed by atoms with Gasteiger partial charge in [0, 0.05) is 0 Å². The van der Waals surface area contributed by atoms with Gasteiger partial charge < -0.3 is 4.74 Å². The van der Waals surface area contributed by atoms with E-state index in [1.807, 2.05) is 13.0 Å². The summed E-state index contributed by atoms with van der Waals surface area (Å²) in [5.41, 5.74) is 1.69. The second-order valence-electron chi connectivity index (χ2n) is 7.28. The molecule has 0 saturated heterocycles. The number of halogens is 1. The van der Waals surface area contributed by atoms with Crippen molar-refractivity contribution >= 4 is 6.08 Å². The minimum absolute atomic E-state index is 0.190. The van der Waals surface area contributed by atoms with Crippen molar-refractivity contribution in [2.24, 2.45) is 11.8 Å². The van der Waals surface area contributed by atoms with Crippen molar-refractivity contribution in [1.82, 2.24) is 0 Å². The molecule has 23 heavy (non-hydrogen) atoms. The lowest BCUT2D eigenvalue weighted by Crippen LogP contribution is -2.05. The molecule has 0 atom stereocenters. The monoisotopic (exact) mass is 316 g/mol. The van der Waals surface area contributed by atoms with Crippen LogP contribution in [0.3, 0.4) is 0 Å². The average Bonchev–Trinajstić information content (AvgIpc) is 3.24. The molecule has 2 aliphatic carbocycles. The van der Waals surface area contributed by atoms with Crippen LogP contribution in [0.1, 0.15) is 68.9 Å². The molecule has 126 valence electrons. The van der Waals surface area contributed by atoms with Crippen molar-refractivity contribution in [1.29, 1.82) is 0 Å². The van der Waals surface area contributed by atoms with Gasteiger partial charge in [-0.25, -0.2) is 4.39 Å². The van der Waals surface area contributed by atoms with E-state index >= 15 is 0 Å². The van der Waals surface area contributed by atoms with Gasteiger partial charge in [-0.1, -0.05) is 56.7 Å². The molecule has 2 saturated carbocycles. The van der Waals surface area contributed by atoms with Crippen molar-refractivity contribution < 1.29 is 9.13 Å². The van der Waals surface area contributed by atoms with Gasteiger partial charge >= 0.3 is 0 Å². The smallest absolute Gasteiger partial charge is 0.168 e. The minimum Gasteiger partial charge on any atom is -0.490 e. The summed E-state index contributed by atoms with van der Waals surface area (Å²) in [7, 11) is 0. The average molecular weight is 316 g/mol. The lowest BCUT2D eigenvalue weighted by molar-refractivity contribution is 0.267. The van der Waals surface area contributed by atoms with E-state index in [-0.39, 0.29) is 5.82 Å². The van der Waals surface area contributed by atoms with Crippen molar-refractivity contribution in [3.63, 3.8) is 0 Å². The Morgan fingerprint density at radius 2 is 1.78 bits per heavy atom. The van der Waals surface area contributed by atoms with Crippen molar-refractivity contribution in [2.75, 3.05) is 6.61 Å². The van der Waals surface area contributed by atoms with Gasteiger partial charge in [0.05, 0.1) is 6.61 Å². The second-order valence-corrected chi connectivity index (χ2v) is 7.28. The van der Waals surface area contributed by atoms with Crippen LogP contribution in [-0.2, 0) is 0 Å². The summed E-state index contributed by atoms with van der Waals surface area (Å²) in [6, 6.07) is 3.79. The lowest BCUT2D eigenvalue weighted by Gasteiger charge is -2.13. The van der Waals surface area contributed by atoms with Crippen LogP contribution < -0.4 is 4.74 Å². The highest BCUT2D eigenvalue weighted by molar-refractivity contribution is 5.56. The predicted octanol–water partition coefficient (Wildman–Crippen LogP) is 6.30. The molecule has 1 nitrogen and oxygen atoms in total. The Balaban J connectivity index is 1.57. The molecule has 0 bridgehead atoms. The van der Waals surface area contributed by atoms with E-state index in [1.54, 1.807) is 6.07 Å². The summed E-state index contributed by atoms with van der Waals surface area (Å²) in [6.45, 7) is 2.49. The van der Waals surface area contributed by atoms with E-state index in [2.05, 4.69) is 12.2 Å². The van der Waals surface area contributed by atoms with Gasteiger partial charge in [0.25, 0.3) is 0 Å². The van der Waals surface area contributed by atoms with Crippen LogP contribution in [-0.4, -0.2) is 6.61 Å². The summed E-state index contributed by atoms with van der Waals surface area (Å²) >= 11 is 0. The summed E-state index contributed by atoms with van der Waals surface area (Å²) in [5.74, 6) is 1.69. The van der Waals surface area contributed by atoms with Gasteiger partial charge in [0.2, 0.25) is 0 Å². The van der Waals surface area contributed by atoms with Crippen LogP contribution in [0, 0.1) is 24.6 Å².